The average molecular weight is 390 g/mol. The van der Waals surface area contributed by atoms with Crippen molar-refractivity contribution in [3.8, 4) is 0 Å². The topological polar surface area (TPSA) is 96.9 Å². The van der Waals surface area contributed by atoms with Gasteiger partial charge < -0.3 is 25.2 Å². The first-order chi connectivity index (χ1) is 12.7. The molecule has 7 nitrogen and oxygen atoms in total. The summed E-state index contributed by atoms with van der Waals surface area (Å²) < 4.78 is 47.8. The van der Waals surface area contributed by atoms with Gasteiger partial charge in [-0.05, 0) is 37.1 Å². The van der Waals surface area contributed by atoms with E-state index >= 15 is 0 Å². The van der Waals surface area contributed by atoms with E-state index in [4.69, 9.17) is 4.74 Å². The van der Waals surface area contributed by atoms with Gasteiger partial charge in [0.2, 0.25) is 0 Å². The molecule has 1 aromatic carbocycles. The summed E-state index contributed by atoms with van der Waals surface area (Å²) >= 11 is 0. The van der Waals surface area contributed by atoms with Crippen molar-refractivity contribution in [1.82, 2.24) is 5.32 Å². The first-order valence-corrected chi connectivity index (χ1v) is 8.31. The molecule has 1 aliphatic rings. The zero-order valence-electron chi connectivity index (χ0n) is 14.6. The van der Waals surface area contributed by atoms with Crippen molar-refractivity contribution in [1.29, 1.82) is 0 Å². The lowest BCUT2D eigenvalue weighted by Crippen LogP contribution is -2.52. The largest absolute Gasteiger partial charge is 0.469 e. The molecule has 3 N–H and O–H groups in total. The number of hydrogen-bond donors (Lipinski definition) is 3. The molecule has 2 amide bonds. The average Bonchev–Trinajstić information content (AvgIpc) is 2.62. The molecule has 1 saturated heterocycles. The normalized spacial score (nSPS) is 22.8. The monoisotopic (exact) mass is 390 g/mol. The summed E-state index contributed by atoms with van der Waals surface area (Å²) in [4.78, 5) is 23.4. The van der Waals surface area contributed by atoms with Crippen LogP contribution in [0.1, 0.15) is 24.8 Å². The fraction of sp³-hybridized carbons (Fsp3) is 0.529. The minimum Gasteiger partial charge on any atom is -0.469 e. The van der Waals surface area contributed by atoms with Gasteiger partial charge >= 0.3 is 18.2 Å². The number of halogens is 3. The second-order valence-electron chi connectivity index (χ2n) is 6.12. The van der Waals surface area contributed by atoms with Gasteiger partial charge in [0.25, 0.3) is 0 Å². The van der Waals surface area contributed by atoms with Crippen LogP contribution in [0, 0.1) is 0 Å². The Morgan fingerprint density at radius 1 is 1.26 bits per heavy atom. The number of rotatable bonds is 5. The van der Waals surface area contributed by atoms with Crippen LogP contribution in [0.3, 0.4) is 0 Å². The molecule has 0 aliphatic carbocycles. The molecule has 1 aromatic rings. The maximum absolute atomic E-state index is 12.5. The fourth-order valence-electron chi connectivity index (χ4n) is 2.79. The zero-order chi connectivity index (χ0) is 20.0. The Morgan fingerprint density at radius 3 is 2.48 bits per heavy atom. The van der Waals surface area contributed by atoms with E-state index in [1.54, 1.807) is 0 Å². The molecule has 0 unspecified atom stereocenters. The lowest BCUT2D eigenvalue weighted by molar-refractivity contribution is -0.149. The SMILES string of the molecule is COC(=O)C[C@@H]1CC[C@@H](NC(=O)Nc2ccc(C(F)(F)F)cc2)[C@H](CO)O1. The fourth-order valence-corrected chi connectivity index (χ4v) is 2.79. The van der Waals surface area contributed by atoms with Gasteiger partial charge in [0.1, 0.15) is 6.10 Å². The zero-order valence-corrected chi connectivity index (χ0v) is 14.6. The van der Waals surface area contributed by atoms with E-state index < -0.39 is 42.0 Å². The van der Waals surface area contributed by atoms with Gasteiger partial charge in [-0.2, -0.15) is 13.2 Å². The highest BCUT2D eigenvalue weighted by molar-refractivity contribution is 5.89. The molecule has 1 heterocycles. The van der Waals surface area contributed by atoms with E-state index in [1.165, 1.54) is 7.11 Å². The number of anilines is 1. The summed E-state index contributed by atoms with van der Waals surface area (Å²) in [6.45, 7) is -0.358. The van der Waals surface area contributed by atoms with Crippen LogP contribution < -0.4 is 10.6 Å². The number of benzene rings is 1. The van der Waals surface area contributed by atoms with Gasteiger partial charge in [-0.1, -0.05) is 0 Å². The van der Waals surface area contributed by atoms with Gasteiger partial charge in [-0.15, -0.1) is 0 Å². The van der Waals surface area contributed by atoms with Crippen molar-refractivity contribution >= 4 is 17.7 Å². The van der Waals surface area contributed by atoms with Crippen molar-refractivity contribution in [3.05, 3.63) is 29.8 Å². The summed E-state index contributed by atoms with van der Waals surface area (Å²) in [6, 6.07) is 2.90. The van der Waals surface area contributed by atoms with E-state index in [9.17, 15) is 27.9 Å². The molecule has 150 valence electrons. The van der Waals surface area contributed by atoms with Crippen molar-refractivity contribution < 1.29 is 37.3 Å². The third-order valence-electron chi connectivity index (χ3n) is 4.20. The van der Waals surface area contributed by atoms with Crippen molar-refractivity contribution in [2.24, 2.45) is 0 Å². The number of nitrogens with one attached hydrogen (secondary N) is 2. The maximum atomic E-state index is 12.5. The Morgan fingerprint density at radius 2 is 1.93 bits per heavy atom. The highest BCUT2D eigenvalue weighted by Gasteiger charge is 2.33. The smallest absolute Gasteiger partial charge is 0.416 e. The minimum atomic E-state index is -4.45. The van der Waals surface area contributed by atoms with Crippen molar-refractivity contribution in [2.75, 3.05) is 19.0 Å². The number of aliphatic hydroxyl groups is 1. The summed E-state index contributed by atoms with van der Waals surface area (Å²) in [7, 11) is 1.27. The van der Waals surface area contributed by atoms with Gasteiger partial charge in [0.15, 0.2) is 0 Å². The number of ether oxygens (including phenoxy) is 2. The number of aliphatic hydroxyl groups excluding tert-OH is 1. The summed E-state index contributed by atoms with van der Waals surface area (Å²) in [5.74, 6) is -0.428. The molecule has 1 aliphatic heterocycles. The van der Waals surface area contributed by atoms with Crippen LogP contribution >= 0.6 is 0 Å². The molecule has 10 heteroatoms. The minimum absolute atomic E-state index is 0.0530. The molecule has 0 aromatic heterocycles. The van der Waals surface area contributed by atoms with E-state index in [1.807, 2.05) is 0 Å². The molecule has 0 bridgehead atoms. The van der Waals surface area contributed by atoms with Crippen LogP contribution in [-0.4, -0.2) is 49.1 Å². The van der Waals surface area contributed by atoms with Gasteiger partial charge in [-0.3, -0.25) is 4.79 Å². The quantitative estimate of drug-likeness (QED) is 0.671. The first-order valence-electron chi connectivity index (χ1n) is 8.31. The second kappa shape index (κ2) is 9.05. The number of urea groups is 1. The van der Waals surface area contributed by atoms with Gasteiger partial charge in [-0.25, -0.2) is 4.79 Å². The molecule has 3 atom stereocenters. The number of esters is 1. The van der Waals surface area contributed by atoms with Gasteiger partial charge in [0, 0.05) is 5.69 Å². The van der Waals surface area contributed by atoms with Crippen molar-refractivity contribution in [3.63, 3.8) is 0 Å². The van der Waals surface area contributed by atoms with Gasteiger partial charge in [0.05, 0.1) is 37.8 Å². The number of carbonyl (C=O) groups excluding carboxylic acids is 2. The van der Waals surface area contributed by atoms with Crippen LogP contribution in [0.5, 0.6) is 0 Å². The molecular weight excluding hydrogens is 369 g/mol. The Hall–Kier alpha value is -2.33. The summed E-state index contributed by atoms with van der Waals surface area (Å²) in [5.41, 5.74) is -0.618. The van der Waals surface area contributed by atoms with Crippen LogP contribution in [0.2, 0.25) is 0 Å². The van der Waals surface area contributed by atoms with Crippen molar-refractivity contribution in [2.45, 2.75) is 43.7 Å². The Kier molecular flexibility index (Phi) is 7.03. The second-order valence-corrected chi connectivity index (χ2v) is 6.12. The standard InChI is InChI=1S/C17H21F3N2O5/c1-26-15(24)8-12-6-7-13(14(9-23)27-12)22-16(25)21-11-4-2-10(3-5-11)17(18,19)20/h2-5,12-14,23H,6-9H2,1H3,(H2,21,22,25)/t12-,13+,14-/m0/s1. The summed E-state index contributed by atoms with van der Waals surface area (Å²) in [6.07, 6.45) is -4.56. The molecule has 2 rings (SSSR count). The molecule has 27 heavy (non-hydrogen) atoms. The number of hydrogen-bond acceptors (Lipinski definition) is 5. The molecular formula is C17H21F3N2O5. The maximum Gasteiger partial charge on any atom is 0.416 e. The van der Waals surface area contributed by atoms with E-state index in [-0.39, 0.29) is 18.7 Å². The molecule has 0 spiro atoms. The molecule has 1 fully saturated rings. The Labute approximate surface area is 153 Å². The lowest BCUT2D eigenvalue weighted by Gasteiger charge is -2.35. The highest BCUT2D eigenvalue weighted by atomic mass is 19.4. The third kappa shape index (κ3) is 6.10. The molecule has 0 saturated carbocycles. The van der Waals surface area contributed by atoms with E-state index in [0.717, 1.165) is 24.3 Å². The number of carbonyl (C=O) groups is 2. The van der Waals surface area contributed by atoms with E-state index in [0.29, 0.717) is 12.8 Å². The summed E-state index contributed by atoms with van der Waals surface area (Å²) in [5, 5.41) is 14.5. The van der Waals surface area contributed by atoms with E-state index in [2.05, 4.69) is 15.4 Å². The van der Waals surface area contributed by atoms with Crippen LogP contribution in [0.15, 0.2) is 24.3 Å². The third-order valence-corrected chi connectivity index (χ3v) is 4.20. The molecule has 0 radical (unpaired) electrons. The lowest BCUT2D eigenvalue weighted by atomic mass is 9.97. The highest BCUT2D eigenvalue weighted by Crippen LogP contribution is 2.29. The Balaban J connectivity index is 1.88. The van der Waals surface area contributed by atoms with Crippen LogP contribution in [0.25, 0.3) is 0 Å². The first kappa shape index (κ1) is 21.0. The van der Waals surface area contributed by atoms with Crippen LogP contribution in [0.4, 0.5) is 23.7 Å². The number of alkyl halides is 3. The number of methoxy groups -OCH3 is 1. The predicted octanol–water partition coefficient (Wildman–Crippen LogP) is 2.30. The predicted molar refractivity (Wildman–Crippen MR) is 89.0 cm³/mol. The Bertz CT molecular complexity index is 651. The number of amides is 2. The van der Waals surface area contributed by atoms with Crippen LogP contribution in [-0.2, 0) is 20.4 Å².